The molecule has 0 radical (unpaired) electrons. The van der Waals surface area contributed by atoms with E-state index in [2.05, 4.69) is 190 Å². The maximum atomic E-state index is 3.80. The predicted molar refractivity (Wildman–Crippen MR) is 207 cm³/mol. The van der Waals surface area contributed by atoms with Crippen molar-refractivity contribution in [3.8, 4) is 22.3 Å². The molecule has 0 unspecified atom stereocenters. The molecule has 0 saturated heterocycles. The van der Waals surface area contributed by atoms with E-state index in [1.54, 1.807) is 0 Å². The second-order valence-electron chi connectivity index (χ2n) is 11.1. The van der Waals surface area contributed by atoms with E-state index in [0.717, 1.165) is 8.95 Å². The third-order valence-corrected chi connectivity index (χ3v) is 10.3. The Morgan fingerprint density at radius 2 is 0.652 bits per heavy atom. The van der Waals surface area contributed by atoms with Crippen LogP contribution < -0.4 is 0 Å². The van der Waals surface area contributed by atoms with E-state index >= 15 is 0 Å². The van der Waals surface area contributed by atoms with Gasteiger partial charge in [0, 0.05) is 14.3 Å². The highest BCUT2D eigenvalue weighted by Gasteiger charge is 2.16. The lowest BCUT2D eigenvalue weighted by molar-refractivity contribution is 1.62. The molecular formula is C44H30Br2. The molecule has 0 atom stereocenters. The molecule has 9 rings (SSSR count). The minimum Gasteiger partial charge on any atom is -0.0622 e. The summed E-state index contributed by atoms with van der Waals surface area (Å²) in [6.07, 6.45) is 0. The van der Waals surface area contributed by atoms with Gasteiger partial charge < -0.3 is 0 Å². The molecule has 0 fully saturated rings. The average molecular weight is 719 g/mol. The number of hydrogen-bond donors (Lipinski definition) is 0. The van der Waals surface area contributed by atoms with Crippen LogP contribution in [0.2, 0.25) is 0 Å². The Hall–Kier alpha value is -4.76. The summed E-state index contributed by atoms with van der Waals surface area (Å²) in [6.45, 7) is 0. The van der Waals surface area contributed by atoms with Crippen molar-refractivity contribution in [2.45, 2.75) is 0 Å². The SMILES string of the molecule is Brc1cc2cccc3c4cccc5cccc(c(c1Br)c23)c54.c1ccc(-c2ccccc2)cc1.c1ccc(-c2ccccc2)cc1. The molecule has 0 spiro atoms. The molecule has 0 aliphatic rings. The molecule has 0 aliphatic heterocycles. The van der Waals surface area contributed by atoms with E-state index in [-0.39, 0.29) is 0 Å². The van der Waals surface area contributed by atoms with Gasteiger partial charge >= 0.3 is 0 Å². The van der Waals surface area contributed by atoms with Crippen LogP contribution in [0.15, 0.2) is 191 Å². The highest BCUT2D eigenvalue weighted by Crippen LogP contribution is 2.45. The van der Waals surface area contributed by atoms with Gasteiger partial charge in [-0.25, -0.2) is 0 Å². The van der Waals surface area contributed by atoms with Crippen molar-refractivity contribution in [1.29, 1.82) is 0 Å². The van der Waals surface area contributed by atoms with Crippen molar-refractivity contribution in [1.82, 2.24) is 0 Å². The summed E-state index contributed by atoms with van der Waals surface area (Å²) in [6, 6.07) is 63.5. The van der Waals surface area contributed by atoms with Crippen molar-refractivity contribution in [3.63, 3.8) is 0 Å². The number of halogens is 2. The van der Waals surface area contributed by atoms with Gasteiger partial charge in [0.05, 0.1) is 0 Å². The van der Waals surface area contributed by atoms with Gasteiger partial charge in [0.25, 0.3) is 0 Å². The summed E-state index contributed by atoms with van der Waals surface area (Å²) in [5.41, 5.74) is 5.10. The van der Waals surface area contributed by atoms with Crippen LogP contribution in [0.3, 0.4) is 0 Å². The number of fused-ring (bicyclic) bond motifs is 2. The molecule has 0 aromatic heterocycles. The molecule has 46 heavy (non-hydrogen) atoms. The Morgan fingerprint density at radius 3 is 1.09 bits per heavy atom. The Morgan fingerprint density at radius 1 is 0.283 bits per heavy atom. The highest BCUT2D eigenvalue weighted by molar-refractivity contribution is 9.13. The summed E-state index contributed by atoms with van der Waals surface area (Å²) in [7, 11) is 0. The number of benzene rings is 9. The maximum Gasteiger partial charge on any atom is 0.0402 e. The van der Waals surface area contributed by atoms with E-state index in [1.807, 2.05) is 24.3 Å². The summed E-state index contributed by atoms with van der Waals surface area (Å²) in [4.78, 5) is 0. The van der Waals surface area contributed by atoms with E-state index in [1.165, 1.54) is 65.3 Å². The van der Waals surface area contributed by atoms with Gasteiger partial charge in [0.2, 0.25) is 0 Å². The molecule has 220 valence electrons. The third-order valence-electron chi connectivity index (χ3n) is 8.28. The van der Waals surface area contributed by atoms with Crippen LogP contribution in [0.5, 0.6) is 0 Å². The van der Waals surface area contributed by atoms with Crippen LogP contribution in [0, 0.1) is 0 Å². The van der Waals surface area contributed by atoms with E-state index in [9.17, 15) is 0 Å². The van der Waals surface area contributed by atoms with Crippen LogP contribution in [-0.2, 0) is 0 Å². The van der Waals surface area contributed by atoms with Gasteiger partial charge in [-0.05, 0) is 97.9 Å². The Labute approximate surface area is 286 Å². The van der Waals surface area contributed by atoms with E-state index in [4.69, 9.17) is 0 Å². The summed E-state index contributed by atoms with van der Waals surface area (Å²) < 4.78 is 2.23. The third kappa shape index (κ3) is 6.07. The van der Waals surface area contributed by atoms with Gasteiger partial charge in [-0.15, -0.1) is 0 Å². The lowest BCUT2D eigenvalue weighted by Crippen LogP contribution is -1.88. The lowest BCUT2D eigenvalue weighted by Gasteiger charge is -2.16. The minimum absolute atomic E-state index is 1.10. The molecule has 0 N–H and O–H groups in total. The van der Waals surface area contributed by atoms with Crippen molar-refractivity contribution >= 4 is 74.9 Å². The molecule has 0 amide bonds. The fourth-order valence-electron chi connectivity index (χ4n) is 6.17. The Kier molecular flexibility index (Phi) is 8.91. The predicted octanol–water partition coefficient (Wildman–Crippen LogP) is 14.0. The smallest absolute Gasteiger partial charge is 0.0402 e. The zero-order valence-corrected chi connectivity index (χ0v) is 28.2. The fourth-order valence-corrected chi connectivity index (χ4v) is 7.14. The van der Waals surface area contributed by atoms with E-state index in [0.29, 0.717) is 0 Å². The molecule has 0 bridgehead atoms. The summed E-state index contributed by atoms with van der Waals surface area (Å²) in [5, 5.41) is 10.5. The average Bonchev–Trinajstić information content (AvgIpc) is 3.14. The largest absolute Gasteiger partial charge is 0.0622 e. The lowest BCUT2D eigenvalue weighted by atomic mass is 9.90. The highest BCUT2D eigenvalue weighted by atomic mass is 79.9. The molecular weight excluding hydrogens is 688 g/mol. The van der Waals surface area contributed by atoms with Crippen molar-refractivity contribution in [2.75, 3.05) is 0 Å². The van der Waals surface area contributed by atoms with Gasteiger partial charge in [0.1, 0.15) is 0 Å². The second kappa shape index (κ2) is 13.7. The summed E-state index contributed by atoms with van der Waals surface area (Å²) >= 11 is 7.50. The Balaban J connectivity index is 0.000000120. The topological polar surface area (TPSA) is 0 Å². The van der Waals surface area contributed by atoms with Crippen LogP contribution in [0.4, 0.5) is 0 Å². The molecule has 2 heteroatoms. The standard InChI is InChI=1S/C20H10Br2.2C12H10/c21-16-10-12-6-3-8-14-13-7-1-4-11-5-2-9-15(17(11)13)19(18(12)14)20(16)22;2*1-3-7-11(8-4-1)12-9-5-2-6-10-12/h1-10H;2*1-10H. The zero-order valence-electron chi connectivity index (χ0n) is 25.1. The first-order valence-electron chi connectivity index (χ1n) is 15.3. The monoisotopic (exact) mass is 716 g/mol. The quantitative estimate of drug-likeness (QED) is 0.123. The Bertz CT molecular complexity index is 2190. The van der Waals surface area contributed by atoms with Crippen molar-refractivity contribution < 1.29 is 0 Å². The van der Waals surface area contributed by atoms with Crippen molar-refractivity contribution in [3.05, 3.63) is 191 Å². The van der Waals surface area contributed by atoms with Gasteiger partial charge in [-0.1, -0.05) is 176 Å². The van der Waals surface area contributed by atoms with Gasteiger partial charge in [-0.2, -0.15) is 0 Å². The van der Waals surface area contributed by atoms with Crippen LogP contribution in [0.25, 0.3) is 65.3 Å². The first-order chi connectivity index (χ1) is 22.7. The van der Waals surface area contributed by atoms with Crippen LogP contribution in [0.1, 0.15) is 0 Å². The van der Waals surface area contributed by atoms with Gasteiger partial charge in [0.15, 0.2) is 0 Å². The summed E-state index contributed by atoms with van der Waals surface area (Å²) in [5.74, 6) is 0. The maximum absolute atomic E-state index is 3.80. The van der Waals surface area contributed by atoms with Gasteiger partial charge in [-0.3, -0.25) is 0 Å². The number of rotatable bonds is 2. The molecule has 0 aliphatic carbocycles. The van der Waals surface area contributed by atoms with Crippen molar-refractivity contribution in [2.24, 2.45) is 0 Å². The zero-order chi connectivity index (χ0) is 31.3. The van der Waals surface area contributed by atoms with E-state index < -0.39 is 0 Å². The fraction of sp³-hybridized carbons (Fsp3) is 0. The van der Waals surface area contributed by atoms with Crippen LogP contribution in [-0.4, -0.2) is 0 Å². The first-order valence-corrected chi connectivity index (χ1v) is 16.9. The van der Waals surface area contributed by atoms with Crippen LogP contribution >= 0.6 is 31.9 Å². The molecule has 9 aromatic carbocycles. The number of hydrogen-bond acceptors (Lipinski definition) is 0. The minimum atomic E-state index is 1.10. The normalized spacial score (nSPS) is 10.8. The first kappa shape index (κ1) is 29.9. The molecule has 0 nitrogen and oxygen atoms in total. The molecule has 0 heterocycles. The molecule has 9 aromatic rings. The molecule has 0 saturated carbocycles. The second-order valence-corrected chi connectivity index (χ2v) is 12.8.